The van der Waals surface area contributed by atoms with Gasteiger partial charge in [0.2, 0.25) is 5.91 Å². The van der Waals surface area contributed by atoms with Gasteiger partial charge in [-0.3, -0.25) is 4.79 Å². The predicted molar refractivity (Wildman–Crippen MR) is 83.6 cm³/mol. The Bertz CT molecular complexity index is 630. The van der Waals surface area contributed by atoms with Gasteiger partial charge in [-0.1, -0.05) is 29.4 Å². The SMILES string of the molecule is CO[C@@H](CNC(=O)Cc1c(C)noc1C)c1ccccc1C. The summed E-state index contributed by atoms with van der Waals surface area (Å²) in [5.74, 6) is 0.625. The van der Waals surface area contributed by atoms with Crippen molar-refractivity contribution in [2.24, 2.45) is 0 Å². The highest BCUT2D eigenvalue weighted by Gasteiger charge is 2.16. The molecule has 1 amide bonds. The summed E-state index contributed by atoms with van der Waals surface area (Å²) in [5, 5.41) is 6.78. The summed E-state index contributed by atoms with van der Waals surface area (Å²) in [6, 6.07) is 8.01. The molecule has 0 bridgehead atoms. The zero-order valence-corrected chi connectivity index (χ0v) is 13.5. The molecule has 0 spiro atoms. The summed E-state index contributed by atoms with van der Waals surface area (Å²) in [7, 11) is 1.65. The van der Waals surface area contributed by atoms with Crippen LogP contribution < -0.4 is 5.32 Å². The van der Waals surface area contributed by atoms with Crippen molar-refractivity contribution in [3.05, 3.63) is 52.4 Å². The Hall–Kier alpha value is -2.14. The monoisotopic (exact) mass is 302 g/mol. The largest absolute Gasteiger partial charge is 0.375 e. The van der Waals surface area contributed by atoms with Crippen LogP contribution >= 0.6 is 0 Å². The van der Waals surface area contributed by atoms with Crippen LogP contribution in [0.2, 0.25) is 0 Å². The van der Waals surface area contributed by atoms with E-state index < -0.39 is 0 Å². The van der Waals surface area contributed by atoms with Gasteiger partial charge in [0, 0.05) is 19.2 Å². The molecule has 0 radical (unpaired) electrons. The number of aryl methyl sites for hydroxylation is 3. The Balaban J connectivity index is 1.96. The van der Waals surface area contributed by atoms with Crippen LogP contribution in [-0.4, -0.2) is 24.7 Å². The molecule has 1 heterocycles. The first-order valence-corrected chi connectivity index (χ1v) is 7.29. The highest BCUT2D eigenvalue weighted by Crippen LogP contribution is 2.19. The first-order valence-electron chi connectivity index (χ1n) is 7.29. The van der Waals surface area contributed by atoms with Crippen LogP contribution in [0.5, 0.6) is 0 Å². The standard InChI is InChI=1S/C17H22N2O3/c1-11-7-5-6-8-14(11)16(21-4)10-18-17(20)9-15-12(2)19-22-13(15)3/h5-8,16H,9-10H2,1-4H3,(H,18,20)/t16-/m0/s1. The van der Waals surface area contributed by atoms with Gasteiger partial charge in [0.1, 0.15) is 5.76 Å². The Kier molecular flexibility index (Phi) is 5.33. The van der Waals surface area contributed by atoms with Crippen molar-refractivity contribution in [2.75, 3.05) is 13.7 Å². The third-order valence-electron chi connectivity index (χ3n) is 3.82. The molecule has 0 aliphatic heterocycles. The Labute approximate surface area is 130 Å². The lowest BCUT2D eigenvalue weighted by Gasteiger charge is -2.18. The molecule has 0 fully saturated rings. The quantitative estimate of drug-likeness (QED) is 0.891. The minimum atomic E-state index is -0.158. The molecule has 5 nitrogen and oxygen atoms in total. The molecule has 1 aromatic carbocycles. The van der Waals surface area contributed by atoms with E-state index in [4.69, 9.17) is 9.26 Å². The highest BCUT2D eigenvalue weighted by molar-refractivity contribution is 5.79. The fourth-order valence-electron chi connectivity index (χ4n) is 2.45. The predicted octanol–water partition coefficient (Wildman–Crippen LogP) is 2.65. The highest BCUT2D eigenvalue weighted by atomic mass is 16.5. The summed E-state index contributed by atoms with van der Waals surface area (Å²) in [4.78, 5) is 12.1. The molecule has 1 aromatic heterocycles. The molecular weight excluding hydrogens is 280 g/mol. The fourth-order valence-corrected chi connectivity index (χ4v) is 2.45. The van der Waals surface area contributed by atoms with Crippen LogP contribution in [0.25, 0.3) is 0 Å². The maximum Gasteiger partial charge on any atom is 0.224 e. The van der Waals surface area contributed by atoms with Crippen LogP contribution in [0.15, 0.2) is 28.8 Å². The van der Waals surface area contributed by atoms with Gasteiger partial charge < -0.3 is 14.6 Å². The number of hydrogen-bond donors (Lipinski definition) is 1. The van der Waals surface area contributed by atoms with Crippen LogP contribution in [0.1, 0.15) is 34.2 Å². The molecule has 0 saturated heterocycles. The molecular formula is C17H22N2O3. The van der Waals surface area contributed by atoms with E-state index >= 15 is 0 Å². The van der Waals surface area contributed by atoms with E-state index in [9.17, 15) is 4.79 Å². The van der Waals surface area contributed by atoms with E-state index in [0.29, 0.717) is 12.3 Å². The summed E-state index contributed by atoms with van der Waals surface area (Å²) < 4.78 is 10.6. The summed E-state index contributed by atoms with van der Waals surface area (Å²) in [5.41, 5.74) is 3.84. The second kappa shape index (κ2) is 7.22. The number of hydrogen-bond acceptors (Lipinski definition) is 4. The van der Waals surface area contributed by atoms with Crippen molar-refractivity contribution >= 4 is 5.91 Å². The third-order valence-corrected chi connectivity index (χ3v) is 3.82. The Morgan fingerprint density at radius 3 is 2.64 bits per heavy atom. The Morgan fingerprint density at radius 1 is 1.32 bits per heavy atom. The first-order chi connectivity index (χ1) is 10.5. The van der Waals surface area contributed by atoms with Crippen molar-refractivity contribution in [3.8, 4) is 0 Å². The van der Waals surface area contributed by atoms with Gasteiger partial charge in [0.05, 0.1) is 18.2 Å². The third kappa shape index (κ3) is 3.74. The lowest BCUT2D eigenvalue weighted by molar-refractivity contribution is -0.121. The second-order valence-corrected chi connectivity index (χ2v) is 5.36. The molecule has 1 N–H and O–H groups in total. The molecule has 0 aliphatic rings. The van der Waals surface area contributed by atoms with Crippen LogP contribution in [0.4, 0.5) is 0 Å². The Morgan fingerprint density at radius 2 is 2.05 bits per heavy atom. The minimum absolute atomic E-state index is 0.0648. The molecule has 1 atom stereocenters. The normalized spacial score (nSPS) is 12.2. The average molecular weight is 302 g/mol. The number of carbonyl (C=O) groups excluding carboxylic acids is 1. The van der Waals surface area contributed by atoms with Crippen LogP contribution in [-0.2, 0) is 16.0 Å². The van der Waals surface area contributed by atoms with E-state index in [2.05, 4.69) is 10.5 Å². The number of rotatable bonds is 6. The van der Waals surface area contributed by atoms with E-state index in [1.54, 1.807) is 7.11 Å². The maximum atomic E-state index is 12.1. The van der Waals surface area contributed by atoms with Crippen LogP contribution in [0.3, 0.4) is 0 Å². The molecule has 0 saturated carbocycles. The number of amides is 1. The molecule has 118 valence electrons. The fraction of sp³-hybridized carbons (Fsp3) is 0.412. The van der Waals surface area contributed by atoms with Gasteiger partial charge >= 0.3 is 0 Å². The number of carbonyl (C=O) groups is 1. The number of ether oxygens (including phenoxy) is 1. The molecule has 2 aromatic rings. The number of aromatic nitrogens is 1. The van der Waals surface area contributed by atoms with Gasteiger partial charge in [-0.25, -0.2) is 0 Å². The van der Waals surface area contributed by atoms with E-state index in [1.165, 1.54) is 0 Å². The van der Waals surface area contributed by atoms with Gasteiger partial charge in [0.25, 0.3) is 0 Å². The van der Waals surface area contributed by atoms with Crippen molar-refractivity contribution in [2.45, 2.75) is 33.3 Å². The van der Waals surface area contributed by atoms with E-state index in [0.717, 1.165) is 22.4 Å². The molecule has 22 heavy (non-hydrogen) atoms. The molecule has 0 unspecified atom stereocenters. The van der Waals surface area contributed by atoms with Crippen molar-refractivity contribution in [1.29, 1.82) is 0 Å². The first kappa shape index (κ1) is 16.2. The van der Waals surface area contributed by atoms with Crippen LogP contribution in [0, 0.1) is 20.8 Å². The van der Waals surface area contributed by atoms with Crippen molar-refractivity contribution < 1.29 is 14.1 Å². The molecule has 0 aliphatic carbocycles. The number of methoxy groups -OCH3 is 1. The van der Waals surface area contributed by atoms with Crippen molar-refractivity contribution in [1.82, 2.24) is 10.5 Å². The number of nitrogens with one attached hydrogen (secondary N) is 1. The smallest absolute Gasteiger partial charge is 0.224 e. The summed E-state index contributed by atoms with van der Waals surface area (Å²) in [6.07, 6.45) is 0.112. The van der Waals surface area contributed by atoms with Gasteiger partial charge in [-0.2, -0.15) is 0 Å². The van der Waals surface area contributed by atoms with Gasteiger partial charge in [-0.15, -0.1) is 0 Å². The topological polar surface area (TPSA) is 64.4 Å². The summed E-state index contributed by atoms with van der Waals surface area (Å²) in [6.45, 7) is 6.12. The zero-order chi connectivity index (χ0) is 16.1. The molecule has 5 heteroatoms. The number of nitrogens with zero attached hydrogens (tertiary/aromatic N) is 1. The maximum absolute atomic E-state index is 12.1. The van der Waals surface area contributed by atoms with Gasteiger partial charge in [0.15, 0.2) is 0 Å². The zero-order valence-electron chi connectivity index (χ0n) is 13.5. The van der Waals surface area contributed by atoms with E-state index in [-0.39, 0.29) is 18.4 Å². The average Bonchev–Trinajstić information content (AvgIpc) is 2.81. The number of benzene rings is 1. The summed E-state index contributed by atoms with van der Waals surface area (Å²) >= 11 is 0. The van der Waals surface area contributed by atoms with Gasteiger partial charge in [-0.05, 0) is 31.9 Å². The van der Waals surface area contributed by atoms with E-state index in [1.807, 2.05) is 45.0 Å². The van der Waals surface area contributed by atoms with Crippen molar-refractivity contribution in [3.63, 3.8) is 0 Å². The lowest BCUT2D eigenvalue weighted by Crippen LogP contribution is -2.30. The minimum Gasteiger partial charge on any atom is -0.375 e. The molecule has 2 rings (SSSR count). The lowest BCUT2D eigenvalue weighted by atomic mass is 10.0. The second-order valence-electron chi connectivity index (χ2n) is 5.36.